The summed E-state index contributed by atoms with van der Waals surface area (Å²) in [6.45, 7) is 11.6. The number of piperazine rings is 1. The summed E-state index contributed by atoms with van der Waals surface area (Å²) < 4.78 is 0. The van der Waals surface area contributed by atoms with E-state index in [2.05, 4.69) is 27.2 Å². The molecule has 1 atom stereocenters. The molecule has 25 heavy (non-hydrogen) atoms. The summed E-state index contributed by atoms with van der Waals surface area (Å²) in [5.74, 6) is 0.830. The van der Waals surface area contributed by atoms with E-state index >= 15 is 0 Å². The van der Waals surface area contributed by atoms with Crippen molar-refractivity contribution in [2.24, 2.45) is 17.1 Å². The molecule has 5 nitrogen and oxygen atoms in total. The summed E-state index contributed by atoms with van der Waals surface area (Å²) in [4.78, 5) is 17.3. The molecule has 3 N–H and O–H groups in total. The van der Waals surface area contributed by atoms with E-state index < -0.39 is 6.04 Å². The Labute approximate surface area is 151 Å². The highest BCUT2D eigenvalue weighted by Crippen LogP contribution is 2.30. The molecule has 0 radical (unpaired) electrons. The first-order valence-corrected chi connectivity index (χ1v) is 9.47. The maximum Gasteiger partial charge on any atom is 0.241 e. The minimum absolute atomic E-state index is 0.126. The second-order valence-electron chi connectivity index (χ2n) is 8.61. The molecule has 0 aromatic heterocycles. The molecule has 1 amide bonds. The van der Waals surface area contributed by atoms with Crippen LogP contribution in [0.25, 0.3) is 0 Å². The average Bonchev–Trinajstić information content (AvgIpc) is 3.38. The molecule has 1 saturated carbocycles. The molecule has 0 unspecified atom stereocenters. The first-order valence-electron chi connectivity index (χ1n) is 9.47. The lowest BCUT2D eigenvalue weighted by Crippen LogP contribution is -2.47. The summed E-state index contributed by atoms with van der Waals surface area (Å²) in [6, 6.07) is 7.59. The Bertz CT molecular complexity index is 598. The molecule has 0 spiro atoms. The number of anilines is 2. The van der Waals surface area contributed by atoms with Crippen molar-refractivity contribution in [3.05, 3.63) is 24.3 Å². The molecule has 138 valence electrons. The predicted molar refractivity (Wildman–Crippen MR) is 104 cm³/mol. The van der Waals surface area contributed by atoms with Crippen LogP contribution in [0.5, 0.6) is 0 Å². The first-order chi connectivity index (χ1) is 11.8. The maximum absolute atomic E-state index is 12.3. The van der Waals surface area contributed by atoms with Crippen molar-refractivity contribution in [2.75, 3.05) is 42.9 Å². The number of benzene rings is 1. The van der Waals surface area contributed by atoms with Gasteiger partial charge in [-0.05, 0) is 42.4 Å². The van der Waals surface area contributed by atoms with Crippen molar-refractivity contribution in [3.63, 3.8) is 0 Å². The third kappa shape index (κ3) is 4.95. The van der Waals surface area contributed by atoms with Crippen LogP contribution in [0.4, 0.5) is 11.4 Å². The maximum atomic E-state index is 12.3. The number of nitrogens with two attached hydrogens (primary N) is 1. The monoisotopic (exact) mass is 344 g/mol. The lowest BCUT2D eigenvalue weighted by atomic mass is 9.87. The SMILES string of the molecule is CC(C)(C)[C@H](N)C(=O)Nc1cccc(N2CCN(CC3CC3)CC2)c1. The Kier molecular flexibility index (Phi) is 5.35. The fourth-order valence-corrected chi connectivity index (χ4v) is 3.25. The fraction of sp³-hybridized carbons (Fsp3) is 0.650. The van der Waals surface area contributed by atoms with Crippen LogP contribution in [0.3, 0.4) is 0 Å². The number of carbonyl (C=O) groups is 1. The van der Waals surface area contributed by atoms with Crippen LogP contribution < -0.4 is 16.0 Å². The third-order valence-electron chi connectivity index (χ3n) is 5.28. The van der Waals surface area contributed by atoms with E-state index in [1.165, 1.54) is 25.1 Å². The van der Waals surface area contributed by atoms with E-state index in [0.29, 0.717) is 0 Å². The van der Waals surface area contributed by atoms with Gasteiger partial charge in [0.1, 0.15) is 0 Å². The van der Waals surface area contributed by atoms with Gasteiger partial charge in [-0.3, -0.25) is 9.69 Å². The summed E-state index contributed by atoms with van der Waals surface area (Å²) in [7, 11) is 0. The molecule has 1 heterocycles. The molecule has 1 aliphatic heterocycles. The van der Waals surface area contributed by atoms with Crippen LogP contribution in [0.15, 0.2) is 24.3 Å². The molecule has 1 saturated heterocycles. The molecule has 2 fully saturated rings. The van der Waals surface area contributed by atoms with E-state index in [1.807, 2.05) is 32.9 Å². The Morgan fingerprint density at radius 3 is 2.52 bits per heavy atom. The fourth-order valence-electron chi connectivity index (χ4n) is 3.25. The molecule has 5 heteroatoms. The van der Waals surface area contributed by atoms with Crippen LogP contribution in [0, 0.1) is 11.3 Å². The van der Waals surface area contributed by atoms with Crippen molar-refractivity contribution in [2.45, 2.75) is 39.7 Å². The van der Waals surface area contributed by atoms with Gasteiger partial charge in [0.2, 0.25) is 5.91 Å². The molecular weight excluding hydrogens is 312 g/mol. The Balaban J connectivity index is 1.57. The van der Waals surface area contributed by atoms with Crippen molar-refractivity contribution < 1.29 is 4.79 Å². The smallest absolute Gasteiger partial charge is 0.241 e. The second-order valence-corrected chi connectivity index (χ2v) is 8.61. The van der Waals surface area contributed by atoms with Crippen LogP contribution >= 0.6 is 0 Å². The van der Waals surface area contributed by atoms with E-state index in [-0.39, 0.29) is 11.3 Å². The predicted octanol–water partition coefficient (Wildman–Crippen LogP) is 2.53. The first kappa shape index (κ1) is 18.2. The van der Waals surface area contributed by atoms with Crippen LogP contribution in [0.2, 0.25) is 0 Å². The number of amides is 1. The lowest BCUT2D eigenvalue weighted by molar-refractivity contribution is -0.119. The summed E-state index contributed by atoms with van der Waals surface area (Å²) in [6.07, 6.45) is 2.83. The Morgan fingerprint density at radius 1 is 1.24 bits per heavy atom. The topological polar surface area (TPSA) is 61.6 Å². The van der Waals surface area contributed by atoms with Crippen LogP contribution in [-0.2, 0) is 4.79 Å². The number of rotatable bonds is 5. The van der Waals surface area contributed by atoms with E-state index in [1.54, 1.807) is 0 Å². The van der Waals surface area contributed by atoms with Crippen LogP contribution in [-0.4, -0.2) is 49.6 Å². The number of hydrogen-bond donors (Lipinski definition) is 2. The second kappa shape index (κ2) is 7.34. The van der Waals surface area contributed by atoms with Crippen molar-refractivity contribution >= 4 is 17.3 Å². The van der Waals surface area contributed by atoms with E-state index in [9.17, 15) is 4.79 Å². The van der Waals surface area contributed by atoms with Gasteiger partial charge in [0.05, 0.1) is 6.04 Å². The molecule has 1 aliphatic carbocycles. The zero-order chi connectivity index (χ0) is 18.0. The highest BCUT2D eigenvalue weighted by Gasteiger charge is 2.28. The van der Waals surface area contributed by atoms with Gasteiger partial charge >= 0.3 is 0 Å². The van der Waals surface area contributed by atoms with E-state index in [4.69, 9.17) is 5.73 Å². The minimum Gasteiger partial charge on any atom is -0.369 e. The van der Waals surface area contributed by atoms with Gasteiger partial charge in [-0.25, -0.2) is 0 Å². The zero-order valence-electron chi connectivity index (χ0n) is 15.8. The lowest BCUT2D eigenvalue weighted by Gasteiger charge is -2.36. The molecule has 3 rings (SSSR count). The number of hydrogen-bond acceptors (Lipinski definition) is 4. The number of nitrogens with one attached hydrogen (secondary N) is 1. The quantitative estimate of drug-likeness (QED) is 0.862. The van der Waals surface area contributed by atoms with Gasteiger partial charge in [0, 0.05) is 44.1 Å². The van der Waals surface area contributed by atoms with Gasteiger partial charge < -0.3 is 16.0 Å². The normalized spacial score (nSPS) is 20.4. The molecule has 2 aliphatic rings. The van der Waals surface area contributed by atoms with Crippen molar-refractivity contribution in [3.8, 4) is 0 Å². The zero-order valence-corrected chi connectivity index (χ0v) is 15.8. The summed E-state index contributed by atoms with van der Waals surface area (Å²) >= 11 is 0. The standard InChI is InChI=1S/C20H32N4O/c1-20(2,3)18(21)19(25)22-16-5-4-6-17(13-16)24-11-9-23(10-12-24)14-15-7-8-15/h4-6,13,15,18H,7-12,14,21H2,1-3H3,(H,22,25)/t18-/m1/s1. The van der Waals surface area contributed by atoms with E-state index in [0.717, 1.165) is 37.8 Å². The van der Waals surface area contributed by atoms with Gasteiger partial charge in [-0.2, -0.15) is 0 Å². The third-order valence-corrected chi connectivity index (χ3v) is 5.28. The summed E-state index contributed by atoms with van der Waals surface area (Å²) in [5.41, 5.74) is 7.80. The van der Waals surface area contributed by atoms with Gasteiger partial charge in [0.15, 0.2) is 0 Å². The molecular formula is C20H32N4O. The number of carbonyl (C=O) groups excluding carboxylic acids is 1. The van der Waals surface area contributed by atoms with Crippen molar-refractivity contribution in [1.82, 2.24) is 4.90 Å². The molecule has 1 aromatic carbocycles. The molecule has 1 aromatic rings. The molecule has 0 bridgehead atoms. The van der Waals surface area contributed by atoms with Gasteiger partial charge in [0.25, 0.3) is 0 Å². The largest absolute Gasteiger partial charge is 0.369 e. The highest BCUT2D eigenvalue weighted by molar-refractivity contribution is 5.95. The highest BCUT2D eigenvalue weighted by atomic mass is 16.2. The van der Waals surface area contributed by atoms with Crippen LogP contribution in [0.1, 0.15) is 33.6 Å². The van der Waals surface area contributed by atoms with Crippen molar-refractivity contribution in [1.29, 1.82) is 0 Å². The Morgan fingerprint density at radius 2 is 1.92 bits per heavy atom. The minimum atomic E-state index is -0.526. The number of nitrogens with zero attached hydrogens (tertiary/aromatic N) is 2. The summed E-state index contributed by atoms with van der Waals surface area (Å²) in [5, 5.41) is 2.97. The average molecular weight is 345 g/mol. The van der Waals surface area contributed by atoms with Gasteiger partial charge in [-0.1, -0.05) is 26.8 Å². The van der Waals surface area contributed by atoms with Gasteiger partial charge in [-0.15, -0.1) is 0 Å². The Hall–Kier alpha value is -1.59.